The molecule has 2 rings (SSSR count). The van der Waals surface area contributed by atoms with Crippen LogP contribution in [0.2, 0.25) is 0 Å². The van der Waals surface area contributed by atoms with Crippen molar-refractivity contribution in [1.29, 1.82) is 0 Å². The largest absolute Gasteiger partial charge is 0.324 e. The third-order valence-electron chi connectivity index (χ3n) is 2.68. The van der Waals surface area contributed by atoms with Crippen LogP contribution in [0.3, 0.4) is 0 Å². The molecular formula is C14H13BrFN. The lowest BCUT2D eigenvalue weighted by molar-refractivity contribution is 0.621. The Bertz CT molecular complexity index is 499. The Balaban J connectivity index is 2.18. The van der Waals surface area contributed by atoms with E-state index in [4.69, 9.17) is 5.73 Å². The van der Waals surface area contributed by atoms with E-state index in [2.05, 4.69) is 15.9 Å². The fourth-order valence-corrected chi connectivity index (χ4v) is 2.16. The molecule has 3 heteroatoms. The van der Waals surface area contributed by atoms with Gasteiger partial charge < -0.3 is 5.73 Å². The summed E-state index contributed by atoms with van der Waals surface area (Å²) >= 11 is 3.41. The molecule has 0 aliphatic rings. The number of benzene rings is 2. The number of hydrogen-bond donors (Lipinski definition) is 1. The van der Waals surface area contributed by atoms with Crippen molar-refractivity contribution in [2.45, 2.75) is 12.5 Å². The molecule has 0 aliphatic heterocycles. The number of halogens is 2. The Morgan fingerprint density at radius 3 is 2.53 bits per heavy atom. The Morgan fingerprint density at radius 1 is 1.12 bits per heavy atom. The summed E-state index contributed by atoms with van der Waals surface area (Å²) in [4.78, 5) is 0. The van der Waals surface area contributed by atoms with Gasteiger partial charge in [-0.1, -0.05) is 46.3 Å². The SMILES string of the molecule is NC(Cc1cc(F)ccc1Br)c1ccccc1. The van der Waals surface area contributed by atoms with Gasteiger partial charge in [0.15, 0.2) is 0 Å². The fraction of sp³-hybridized carbons (Fsp3) is 0.143. The van der Waals surface area contributed by atoms with E-state index in [9.17, 15) is 4.39 Å². The van der Waals surface area contributed by atoms with E-state index in [0.29, 0.717) is 6.42 Å². The maximum atomic E-state index is 13.1. The van der Waals surface area contributed by atoms with E-state index in [1.807, 2.05) is 30.3 Å². The predicted molar refractivity (Wildman–Crippen MR) is 71.2 cm³/mol. The molecule has 0 heterocycles. The second-order valence-electron chi connectivity index (χ2n) is 3.96. The lowest BCUT2D eigenvalue weighted by Crippen LogP contribution is -2.13. The molecule has 0 bridgehead atoms. The molecular weight excluding hydrogens is 281 g/mol. The van der Waals surface area contributed by atoms with E-state index in [1.54, 1.807) is 6.07 Å². The molecule has 0 saturated heterocycles. The van der Waals surface area contributed by atoms with Crippen molar-refractivity contribution in [3.8, 4) is 0 Å². The zero-order valence-corrected chi connectivity index (χ0v) is 10.8. The van der Waals surface area contributed by atoms with Gasteiger partial charge in [-0.05, 0) is 35.7 Å². The van der Waals surface area contributed by atoms with E-state index >= 15 is 0 Å². The van der Waals surface area contributed by atoms with Crippen LogP contribution in [0, 0.1) is 5.82 Å². The summed E-state index contributed by atoms with van der Waals surface area (Å²) in [7, 11) is 0. The average molecular weight is 294 g/mol. The monoisotopic (exact) mass is 293 g/mol. The van der Waals surface area contributed by atoms with E-state index in [0.717, 1.165) is 15.6 Å². The highest BCUT2D eigenvalue weighted by atomic mass is 79.9. The molecule has 0 aromatic heterocycles. The van der Waals surface area contributed by atoms with Gasteiger partial charge in [0, 0.05) is 10.5 Å². The van der Waals surface area contributed by atoms with Crippen LogP contribution in [0.5, 0.6) is 0 Å². The van der Waals surface area contributed by atoms with Gasteiger partial charge >= 0.3 is 0 Å². The average Bonchev–Trinajstić information content (AvgIpc) is 2.35. The number of rotatable bonds is 3. The molecule has 2 aromatic rings. The van der Waals surface area contributed by atoms with Crippen LogP contribution in [0.25, 0.3) is 0 Å². The van der Waals surface area contributed by atoms with Gasteiger partial charge in [0.2, 0.25) is 0 Å². The van der Waals surface area contributed by atoms with Crippen LogP contribution in [-0.4, -0.2) is 0 Å². The fourth-order valence-electron chi connectivity index (χ4n) is 1.75. The van der Waals surface area contributed by atoms with Crippen LogP contribution in [-0.2, 0) is 6.42 Å². The van der Waals surface area contributed by atoms with Crippen molar-refractivity contribution in [2.24, 2.45) is 5.73 Å². The van der Waals surface area contributed by atoms with Gasteiger partial charge in [-0.3, -0.25) is 0 Å². The molecule has 0 amide bonds. The van der Waals surface area contributed by atoms with Gasteiger partial charge in [-0.25, -0.2) is 4.39 Å². The highest BCUT2D eigenvalue weighted by molar-refractivity contribution is 9.10. The van der Waals surface area contributed by atoms with Crippen LogP contribution >= 0.6 is 15.9 Å². The first kappa shape index (κ1) is 12.3. The molecule has 2 N–H and O–H groups in total. The zero-order valence-electron chi connectivity index (χ0n) is 9.24. The van der Waals surface area contributed by atoms with Gasteiger partial charge in [0.05, 0.1) is 0 Å². The molecule has 0 aliphatic carbocycles. The Kier molecular flexibility index (Phi) is 3.92. The van der Waals surface area contributed by atoms with Crippen molar-refractivity contribution in [2.75, 3.05) is 0 Å². The summed E-state index contributed by atoms with van der Waals surface area (Å²) in [5.41, 5.74) is 8.05. The van der Waals surface area contributed by atoms with Crippen LogP contribution < -0.4 is 5.73 Å². The zero-order chi connectivity index (χ0) is 12.3. The highest BCUT2D eigenvalue weighted by Gasteiger charge is 2.09. The summed E-state index contributed by atoms with van der Waals surface area (Å²) in [6.45, 7) is 0. The second-order valence-corrected chi connectivity index (χ2v) is 4.81. The highest BCUT2D eigenvalue weighted by Crippen LogP contribution is 2.23. The maximum absolute atomic E-state index is 13.1. The Morgan fingerprint density at radius 2 is 1.82 bits per heavy atom. The predicted octanol–water partition coefficient (Wildman–Crippen LogP) is 3.83. The van der Waals surface area contributed by atoms with Gasteiger partial charge in [0.1, 0.15) is 5.82 Å². The maximum Gasteiger partial charge on any atom is 0.123 e. The molecule has 88 valence electrons. The van der Waals surface area contributed by atoms with E-state index in [-0.39, 0.29) is 11.9 Å². The first-order valence-electron chi connectivity index (χ1n) is 5.41. The van der Waals surface area contributed by atoms with E-state index < -0.39 is 0 Å². The molecule has 2 aromatic carbocycles. The minimum Gasteiger partial charge on any atom is -0.324 e. The number of hydrogen-bond acceptors (Lipinski definition) is 1. The van der Waals surface area contributed by atoms with Crippen LogP contribution in [0.4, 0.5) is 4.39 Å². The van der Waals surface area contributed by atoms with Gasteiger partial charge in [-0.2, -0.15) is 0 Å². The lowest BCUT2D eigenvalue weighted by atomic mass is 10.00. The minimum absolute atomic E-state index is 0.116. The summed E-state index contributed by atoms with van der Waals surface area (Å²) in [6, 6.07) is 14.4. The van der Waals surface area contributed by atoms with Crippen molar-refractivity contribution in [1.82, 2.24) is 0 Å². The van der Waals surface area contributed by atoms with Crippen LogP contribution in [0.1, 0.15) is 17.2 Å². The number of nitrogens with two attached hydrogens (primary N) is 1. The molecule has 17 heavy (non-hydrogen) atoms. The molecule has 1 unspecified atom stereocenters. The normalized spacial score (nSPS) is 12.4. The molecule has 0 spiro atoms. The Labute approximate surface area is 109 Å². The van der Waals surface area contributed by atoms with Gasteiger partial charge in [-0.15, -0.1) is 0 Å². The first-order chi connectivity index (χ1) is 8.16. The second kappa shape index (κ2) is 5.43. The van der Waals surface area contributed by atoms with Crippen molar-refractivity contribution in [3.63, 3.8) is 0 Å². The smallest absolute Gasteiger partial charge is 0.123 e. The Hall–Kier alpha value is -1.19. The van der Waals surface area contributed by atoms with Crippen molar-refractivity contribution >= 4 is 15.9 Å². The third kappa shape index (κ3) is 3.14. The standard InChI is InChI=1S/C14H13BrFN/c15-13-7-6-12(16)8-11(13)9-14(17)10-4-2-1-3-5-10/h1-8,14H,9,17H2. The molecule has 0 radical (unpaired) electrons. The summed E-state index contributed by atoms with van der Waals surface area (Å²) in [5.74, 6) is -0.233. The quantitative estimate of drug-likeness (QED) is 0.914. The van der Waals surface area contributed by atoms with Crippen molar-refractivity contribution in [3.05, 3.63) is 69.9 Å². The van der Waals surface area contributed by atoms with Gasteiger partial charge in [0.25, 0.3) is 0 Å². The minimum atomic E-state index is -0.233. The molecule has 0 saturated carbocycles. The molecule has 1 nitrogen and oxygen atoms in total. The molecule has 0 fully saturated rings. The molecule has 1 atom stereocenters. The topological polar surface area (TPSA) is 26.0 Å². The third-order valence-corrected chi connectivity index (χ3v) is 3.45. The summed E-state index contributed by atoms with van der Waals surface area (Å²) < 4.78 is 14.0. The first-order valence-corrected chi connectivity index (χ1v) is 6.20. The lowest BCUT2D eigenvalue weighted by Gasteiger charge is -2.13. The van der Waals surface area contributed by atoms with Crippen molar-refractivity contribution < 1.29 is 4.39 Å². The van der Waals surface area contributed by atoms with Crippen LogP contribution in [0.15, 0.2) is 53.0 Å². The summed E-state index contributed by atoms with van der Waals surface area (Å²) in [5, 5.41) is 0. The van der Waals surface area contributed by atoms with E-state index in [1.165, 1.54) is 12.1 Å². The summed E-state index contributed by atoms with van der Waals surface area (Å²) in [6.07, 6.45) is 0.613.